The zero-order valence-electron chi connectivity index (χ0n) is 49.0. The summed E-state index contributed by atoms with van der Waals surface area (Å²) in [5.74, 6) is 0.828. The van der Waals surface area contributed by atoms with Crippen LogP contribution in [0.25, 0.3) is 32.9 Å². The average molecular weight is 1220 g/mol. The average Bonchev–Trinajstić information content (AvgIpc) is 1.61. The molecule has 7 aromatic rings. The van der Waals surface area contributed by atoms with Crippen molar-refractivity contribution in [3.8, 4) is 41.1 Å². The second-order valence-corrected chi connectivity index (χ2v) is 26.3. The number of fused-ring (bicyclic) bond motifs is 7. The number of aromatic nitrogens is 3. The topological polar surface area (TPSA) is 187 Å². The summed E-state index contributed by atoms with van der Waals surface area (Å²) in [5, 5.41) is 30.0. The number of pyridine rings is 1. The largest absolute Gasteiger partial charge is 0.508 e. The Bertz CT molecular complexity index is 3910. The number of terminal acetylenes is 1. The van der Waals surface area contributed by atoms with Crippen LogP contribution in [0.5, 0.6) is 17.5 Å². The van der Waals surface area contributed by atoms with Gasteiger partial charge in [-0.05, 0) is 128 Å². The number of anilines is 3. The highest BCUT2D eigenvalue weighted by Crippen LogP contribution is 2.57. The van der Waals surface area contributed by atoms with Crippen LogP contribution in [0.4, 0.5) is 26.0 Å². The first-order valence-electron chi connectivity index (χ1n) is 30.0. The number of hydrogen-bond donors (Lipinski definition) is 6. The zero-order valence-corrected chi connectivity index (χ0v) is 50.6. The van der Waals surface area contributed by atoms with E-state index in [0.29, 0.717) is 94.2 Å². The number of aromatic hydroxyl groups is 1. The molecule has 0 radical (unpaired) electrons. The first-order valence-corrected chi connectivity index (χ1v) is 30.8. The van der Waals surface area contributed by atoms with E-state index in [1.165, 1.54) is 19.2 Å². The van der Waals surface area contributed by atoms with E-state index in [-0.39, 0.29) is 87.9 Å². The number of benzene rings is 5. The molecule has 5 aromatic carbocycles. The quantitative estimate of drug-likeness (QED) is 0.0396. The third-order valence-corrected chi connectivity index (χ3v) is 19.5. The molecule has 0 aliphatic carbocycles. The predicted molar refractivity (Wildman–Crippen MR) is 335 cm³/mol. The van der Waals surface area contributed by atoms with E-state index in [0.717, 1.165) is 56.3 Å². The van der Waals surface area contributed by atoms with Crippen molar-refractivity contribution in [2.24, 2.45) is 5.41 Å². The molecule has 1 spiro atoms. The van der Waals surface area contributed by atoms with E-state index in [4.69, 9.17) is 53.8 Å². The van der Waals surface area contributed by atoms with E-state index in [1.807, 2.05) is 24.3 Å². The Kier molecular flexibility index (Phi) is 15.7. The van der Waals surface area contributed by atoms with Gasteiger partial charge in [-0.2, -0.15) is 9.97 Å². The molecule has 8 heterocycles. The summed E-state index contributed by atoms with van der Waals surface area (Å²) in [5.41, 5.74) is 2.53. The maximum Gasteiger partial charge on any atom is 0.319 e. The van der Waals surface area contributed by atoms with Gasteiger partial charge in [0, 0.05) is 101 Å². The van der Waals surface area contributed by atoms with Gasteiger partial charge in [-0.15, -0.1) is 6.42 Å². The molecule has 6 aliphatic rings. The normalized spacial score (nSPS) is 24.7. The smallest absolute Gasteiger partial charge is 0.319 e. The monoisotopic (exact) mass is 1220 g/mol. The Hall–Kier alpha value is -7.37. The Morgan fingerprint density at radius 1 is 0.954 bits per heavy atom. The second-order valence-electron chi connectivity index (χ2n) is 25.5. The van der Waals surface area contributed by atoms with E-state index < -0.39 is 34.9 Å². The number of phenols is 1. The summed E-state index contributed by atoms with van der Waals surface area (Å²) in [7, 11) is 1.47. The highest BCUT2D eigenvalue weighted by Gasteiger charge is 2.62. The van der Waals surface area contributed by atoms with Gasteiger partial charge in [-0.1, -0.05) is 80.2 Å². The number of phenolic OH excluding ortho intramolecular Hbond substituents is 1. The minimum absolute atomic E-state index is 0.0140. The number of nitrogens with one attached hydrogen (secondary N) is 5. The van der Waals surface area contributed by atoms with Crippen LogP contribution in [-0.2, 0) is 14.9 Å². The molecule has 16 nitrogen and oxygen atoms in total. The maximum atomic E-state index is 17.3. The van der Waals surface area contributed by atoms with E-state index in [9.17, 15) is 14.7 Å². The molecule has 6 aliphatic heterocycles. The van der Waals surface area contributed by atoms with Crippen molar-refractivity contribution in [1.82, 2.24) is 35.8 Å². The number of halogens is 4. The van der Waals surface area contributed by atoms with Gasteiger partial charge in [-0.3, -0.25) is 19.5 Å². The highest BCUT2D eigenvalue weighted by atomic mass is 35.5. The van der Waals surface area contributed by atoms with Gasteiger partial charge in [-0.25, -0.2) is 8.78 Å². The fourth-order valence-corrected chi connectivity index (χ4v) is 15.5. The van der Waals surface area contributed by atoms with Crippen LogP contribution in [0.1, 0.15) is 98.7 Å². The second kappa shape index (κ2) is 23.3. The lowest BCUT2D eigenvalue weighted by Crippen LogP contribution is -2.51. The molecule has 20 heteroatoms. The number of rotatable bonds is 16. The molecule has 8 atom stereocenters. The zero-order chi connectivity index (χ0) is 60.5. The first kappa shape index (κ1) is 58.6. The molecule has 13 rings (SSSR count). The third-order valence-electron chi connectivity index (χ3n) is 19.0. The Labute approximate surface area is 514 Å². The van der Waals surface area contributed by atoms with Crippen molar-refractivity contribution in [3.63, 3.8) is 0 Å². The number of hydrogen-bond acceptors (Lipinski definition) is 14. The van der Waals surface area contributed by atoms with Crippen molar-refractivity contribution in [1.29, 1.82) is 0 Å². The lowest BCUT2D eigenvalue weighted by Gasteiger charge is -2.39. The fraction of sp³-hybridized carbons (Fsp3) is 0.418. The van der Waals surface area contributed by atoms with Crippen molar-refractivity contribution >= 4 is 73.9 Å². The fourth-order valence-electron chi connectivity index (χ4n) is 15.2. The van der Waals surface area contributed by atoms with E-state index >= 15 is 8.78 Å². The number of ether oxygens (including phenoxy) is 3. The summed E-state index contributed by atoms with van der Waals surface area (Å²) in [4.78, 5) is 47.6. The number of methoxy groups -OCH3 is 1. The molecule has 0 saturated carbocycles. The van der Waals surface area contributed by atoms with Crippen molar-refractivity contribution in [3.05, 3.63) is 135 Å². The summed E-state index contributed by atoms with van der Waals surface area (Å²) in [6.45, 7) is 10.4. The molecule has 6 N–H and O–H groups in total. The van der Waals surface area contributed by atoms with Gasteiger partial charge in [0.1, 0.15) is 41.0 Å². The maximum absolute atomic E-state index is 17.3. The number of nitrogens with zero attached hydrogens (tertiary/aromatic N) is 5. The Morgan fingerprint density at radius 2 is 1.77 bits per heavy atom. The molecular formula is C67H70Cl2F2N10O6. The molecule has 2 bridgehead atoms. The molecule has 452 valence electrons. The Balaban J connectivity index is 0.664. The van der Waals surface area contributed by atoms with E-state index in [1.54, 1.807) is 54.7 Å². The third kappa shape index (κ3) is 10.8. The van der Waals surface area contributed by atoms with E-state index in [2.05, 4.69) is 68.1 Å². The van der Waals surface area contributed by atoms with Crippen LogP contribution >= 0.6 is 23.2 Å². The van der Waals surface area contributed by atoms with Crippen LogP contribution in [-0.4, -0.2) is 132 Å². The molecule has 5 unspecified atom stereocenters. The van der Waals surface area contributed by atoms with Gasteiger partial charge in [0.25, 0.3) is 5.91 Å². The number of amides is 2. The molecule has 2 aromatic heterocycles. The number of piperazine rings is 1. The SMILES string of the molecule is C#Cc1cccc2cc(O)cc(-c3ncc4c(N5C[C@H]6CC[C@@H](C5)N6)nc(OC[C@@]56CCCN5C(COCCNC(=O)c5ccc(NC(=O)C7NC(CC(C)(C)C)C8(CNc9cc(Cl)ccc98)C7c7cccc(Cl)c7F)c(OC)c5)CC6)nc4c3F)c12. The van der Waals surface area contributed by atoms with Crippen molar-refractivity contribution in [2.45, 2.75) is 113 Å². The summed E-state index contributed by atoms with van der Waals surface area (Å²) >= 11 is 13.0. The number of carbonyl (C=O) groups excluding carboxylic acids is 2. The van der Waals surface area contributed by atoms with Crippen molar-refractivity contribution < 1.29 is 37.7 Å². The van der Waals surface area contributed by atoms with Gasteiger partial charge in [0.15, 0.2) is 5.82 Å². The standard InChI is InChI=1S/C67H70Cl2F2N10O6/c1-6-37-10-7-11-38-26-44(82)29-46(54(37)38)58-57(71)59-47(31-73-58)61(80-32-41-16-17-42(33-80)75-41)79-64(78-59)87-36-66-21-9-24-81(66)43(20-22-66)34-86-25-23-72-62(83)39-14-19-50(52(27-39)85-5)76-63(84)60-55(45-12-8-13-49(69)56(45)70)67(53(77-60)30-65(2,3)4)35-74-51-28-40(68)15-18-48(51)67/h1,7-8,10-15,18-19,26-29,31,41-43,53,55,60,74-75,77,82H,9,16-17,20-25,30,32-36H2,2-5H3,(H,72,83)(H,76,84)/t41-,42+,43?,53?,55?,60?,66-,67?/m0/s1. The molecule has 2 amide bonds. The minimum atomic E-state index is -0.914. The molecular weight excluding hydrogens is 1150 g/mol. The van der Waals surface area contributed by atoms with Gasteiger partial charge in [0.2, 0.25) is 5.91 Å². The van der Waals surface area contributed by atoms with Crippen LogP contribution in [0, 0.1) is 29.4 Å². The summed E-state index contributed by atoms with van der Waals surface area (Å²) < 4.78 is 52.4. The predicted octanol–water partition coefficient (Wildman–Crippen LogP) is 10.8. The molecule has 5 saturated heterocycles. The molecule has 5 fully saturated rings. The van der Waals surface area contributed by atoms with Gasteiger partial charge >= 0.3 is 6.01 Å². The van der Waals surface area contributed by atoms with Crippen LogP contribution < -0.4 is 41.0 Å². The Morgan fingerprint density at radius 3 is 2.56 bits per heavy atom. The van der Waals surface area contributed by atoms with Crippen molar-refractivity contribution in [2.75, 3.05) is 75.2 Å². The summed E-state index contributed by atoms with van der Waals surface area (Å²) in [6, 6.07) is 23.5. The highest BCUT2D eigenvalue weighted by molar-refractivity contribution is 6.31. The summed E-state index contributed by atoms with van der Waals surface area (Å²) in [6.07, 6.45) is 13.9. The van der Waals surface area contributed by atoms with Crippen LogP contribution in [0.2, 0.25) is 10.0 Å². The van der Waals surface area contributed by atoms with Gasteiger partial charge < -0.3 is 50.8 Å². The first-order chi connectivity index (χ1) is 41.9. The lowest BCUT2D eigenvalue weighted by atomic mass is 9.63. The molecule has 87 heavy (non-hydrogen) atoms. The minimum Gasteiger partial charge on any atom is -0.508 e. The van der Waals surface area contributed by atoms with Gasteiger partial charge in [0.05, 0.1) is 48.0 Å². The van der Waals surface area contributed by atoms with Crippen LogP contribution in [0.15, 0.2) is 91.1 Å². The number of carbonyl (C=O) groups is 2. The lowest BCUT2D eigenvalue weighted by molar-refractivity contribution is -0.118. The van der Waals surface area contributed by atoms with Crippen LogP contribution in [0.3, 0.4) is 0 Å².